The molecule has 0 amide bonds. The number of hydrogen-bond acceptors (Lipinski definition) is 2. The van der Waals surface area contributed by atoms with Crippen LogP contribution in [-0.4, -0.2) is 19.8 Å². The summed E-state index contributed by atoms with van der Waals surface area (Å²) in [5.41, 5.74) is 2.85. The molecule has 2 rings (SSSR count). The number of likely N-dealkylation sites (N-methyl/N-ethyl adjacent to an activating group) is 1. The van der Waals surface area contributed by atoms with Crippen LogP contribution in [0.4, 0.5) is 0 Å². The molecule has 0 spiro atoms. The van der Waals surface area contributed by atoms with Gasteiger partial charge in [-0.05, 0) is 50.8 Å². The lowest BCUT2D eigenvalue weighted by molar-refractivity contribution is 0.0626. The predicted octanol–water partition coefficient (Wildman–Crippen LogP) is 3.64. The van der Waals surface area contributed by atoms with Gasteiger partial charge in [-0.25, -0.2) is 0 Å². The Hall–Kier alpha value is -0.860. The quantitative estimate of drug-likeness (QED) is 0.828. The van der Waals surface area contributed by atoms with E-state index in [9.17, 15) is 0 Å². The van der Waals surface area contributed by atoms with Crippen LogP contribution in [0.25, 0.3) is 0 Å². The average Bonchev–Trinajstić information content (AvgIpc) is 2.28. The molecule has 100 valence electrons. The van der Waals surface area contributed by atoms with Crippen molar-refractivity contribution in [3.8, 4) is 0 Å². The first kappa shape index (κ1) is 13.6. The molecule has 0 aromatic heterocycles. The van der Waals surface area contributed by atoms with E-state index < -0.39 is 0 Å². The van der Waals surface area contributed by atoms with Crippen LogP contribution >= 0.6 is 0 Å². The predicted molar refractivity (Wildman–Crippen MR) is 75.9 cm³/mol. The average molecular weight is 247 g/mol. The maximum atomic E-state index is 5.73. The molecule has 1 N–H and O–H groups in total. The van der Waals surface area contributed by atoms with Gasteiger partial charge in [0.2, 0.25) is 0 Å². The van der Waals surface area contributed by atoms with Gasteiger partial charge < -0.3 is 10.1 Å². The van der Waals surface area contributed by atoms with Crippen molar-refractivity contribution in [3.63, 3.8) is 0 Å². The number of rotatable bonds is 6. The lowest BCUT2D eigenvalue weighted by atomic mass is 9.79. The second-order valence-corrected chi connectivity index (χ2v) is 5.52. The van der Waals surface area contributed by atoms with Crippen molar-refractivity contribution in [1.29, 1.82) is 0 Å². The summed E-state index contributed by atoms with van der Waals surface area (Å²) in [4.78, 5) is 0. The highest BCUT2D eigenvalue weighted by Crippen LogP contribution is 2.36. The Morgan fingerprint density at radius 3 is 2.67 bits per heavy atom. The van der Waals surface area contributed by atoms with Crippen molar-refractivity contribution in [2.45, 2.75) is 51.2 Å². The van der Waals surface area contributed by atoms with Crippen molar-refractivity contribution < 1.29 is 4.74 Å². The molecule has 0 bridgehead atoms. The number of hydrogen-bond donors (Lipinski definition) is 1. The molecule has 1 atom stereocenters. The van der Waals surface area contributed by atoms with Crippen LogP contribution in [0.1, 0.15) is 56.2 Å². The molecule has 0 aliphatic heterocycles. The number of ether oxygens (including phenoxy) is 1. The minimum absolute atomic E-state index is 0.288. The number of benzene rings is 1. The molecule has 0 heterocycles. The highest BCUT2D eigenvalue weighted by atomic mass is 16.5. The first-order valence-electron chi connectivity index (χ1n) is 7.09. The summed E-state index contributed by atoms with van der Waals surface area (Å²) >= 11 is 0. The third-order valence-electron chi connectivity index (χ3n) is 3.83. The Bertz CT molecular complexity index is 371. The van der Waals surface area contributed by atoms with Gasteiger partial charge in [0.05, 0.1) is 18.8 Å². The minimum atomic E-state index is 0.288. The van der Waals surface area contributed by atoms with E-state index in [1.54, 1.807) is 0 Å². The van der Waals surface area contributed by atoms with Crippen molar-refractivity contribution >= 4 is 0 Å². The fourth-order valence-electron chi connectivity index (χ4n) is 2.41. The monoisotopic (exact) mass is 247 g/mol. The highest BCUT2D eigenvalue weighted by Gasteiger charge is 2.20. The van der Waals surface area contributed by atoms with E-state index in [2.05, 4.69) is 43.4 Å². The van der Waals surface area contributed by atoms with E-state index >= 15 is 0 Å². The standard InChI is InChI=1S/C16H25NO/c1-12(2)18-11-16(17-3)15-9-5-8-14(10-15)13-6-4-7-13/h5,8-10,12-13,16-17H,4,6-7,11H2,1-3H3. The molecular weight excluding hydrogens is 222 g/mol. The Morgan fingerprint density at radius 2 is 2.11 bits per heavy atom. The first-order valence-corrected chi connectivity index (χ1v) is 7.09. The molecule has 1 aliphatic carbocycles. The van der Waals surface area contributed by atoms with E-state index in [1.807, 2.05) is 7.05 Å². The Labute approximate surface area is 111 Å². The van der Waals surface area contributed by atoms with E-state index in [1.165, 1.54) is 30.4 Å². The maximum Gasteiger partial charge on any atom is 0.0664 e. The summed E-state index contributed by atoms with van der Waals surface area (Å²) in [6, 6.07) is 9.31. The van der Waals surface area contributed by atoms with Gasteiger partial charge >= 0.3 is 0 Å². The lowest BCUT2D eigenvalue weighted by Crippen LogP contribution is -2.23. The second-order valence-electron chi connectivity index (χ2n) is 5.52. The van der Waals surface area contributed by atoms with Crippen molar-refractivity contribution in [3.05, 3.63) is 35.4 Å². The SMILES string of the molecule is CNC(COC(C)C)c1cccc(C2CCC2)c1. The number of nitrogens with one attached hydrogen (secondary N) is 1. The van der Waals surface area contributed by atoms with Crippen molar-refractivity contribution in [2.24, 2.45) is 0 Å². The summed E-state index contributed by atoms with van der Waals surface area (Å²) in [6.45, 7) is 4.90. The molecular formula is C16H25NO. The molecule has 0 radical (unpaired) electrons. The van der Waals surface area contributed by atoms with Crippen LogP contribution in [0, 0.1) is 0 Å². The van der Waals surface area contributed by atoms with Crippen LogP contribution in [0.15, 0.2) is 24.3 Å². The molecule has 18 heavy (non-hydrogen) atoms. The van der Waals surface area contributed by atoms with E-state index in [0.717, 1.165) is 12.5 Å². The van der Waals surface area contributed by atoms with Crippen LogP contribution < -0.4 is 5.32 Å². The maximum absolute atomic E-state index is 5.73. The largest absolute Gasteiger partial charge is 0.377 e. The normalized spacial score (nSPS) is 17.8. The third-order valence-corrected chi connectivity index (χ3v) is 3.83. The zero-order valence-electron chi connectivity index (χ0n) is 11.8. The van der Waals surface area contributed by atoms with Gasteiger partial charge in [0.25, 0.3) is 0 Å². The third kappa shape index (κ3) is 3.33. The van der Waals surface area contributed by atoms with E-state index in [0.29, 0.717) is 6.04 Å². The van der Waals surface area contributed by atoms with E-state index in [4.69, 9.17) is 4.74 Å². The van der Waals surface area contributed by atoms with Crippen molar-refractivity contribution in [1.82, 2.24) is 5.32 Å². The summed E-state index contributed by atoms with van der Waals surface area (Å²) in [5, 5.41) is 3.35. The van der Waals surface area contributed by atoms with Gasteiger partial charge in [0, 0.05) is 0 Å². The molecule has 1 fully saturated rings. The molecule has 1 unspecified atom stereocenters. The van der Waals surface area contributed by atoms with E-state index in [-0.39, 0.29) is 6.10 Å². The molecule has 1 saturated carbocycles. The van der Waals surface area contributed by atoms with Crippen molar-refractivity contribution in [2.75, 3.05) is 13.7 Å². The molecule has 2 nitrogen and oxygen atoms in total. The lowest BCUT2D eigenvalue weighted by Gasteiger charge is -2.27. The summed E-state index contributed by atoms with van der Waals surface area (Å²) < 4.78 is 5.73. The molecule has 1 aliphatic rings. The fraction of sp³-hybridized carbons (Fsp3) is 0.625. The molecule has 1 aromatic rings. The van der Waals surface area contributed by atoms with Gasteiger partial charge in [0.1, 0.15) is 0 Å². The molecule has 2 heteroatoms. The second kappa shape index (κ2) is 6.35. The zero-order chi connectivity index (χ0) is 13.0. The molecule has 1 aromatic carbocycles. The zero-order valence-corrected chi connectivity index (χ0v) is 11.8. The summed E-state index contributed by atoms with van der Waals surface area (Å²) in [7, 11) is 2.00. The minimum Gasteiger partial charge on any atom is -0.377 e. The van der Waals surface area contributed by atoms with Gasteiger partial charge in [-0.1, -0.05) is 30.7 Å². The summed E-state index contributed by atoms with van der Waals surface area (Å²) in [5.74, 6) is 0.800. The topological polar surface area (TPSA) is 21.3 Å². The first-order chi connectivity index (χ1) is 8.70. The Morgan fingerprint density at radius 1 is 1.33 bits per heavy atom. The van der Waals surface area contributed by atoms with Gasteiger partial charge in [-0.2, -0.15) is 0 Å². The Kier molecular flexibility index (Phi) is 4.79. The van der Waals surface area contributed by atoms with Crippen LogP contribution in [0.3, 0.4) is 0 Å². The fourth-order valence-corrected chi connectivity index (χ4v) is 2.41. The van der Waals surface area contributed by atoms with Gasteiger partial charge in [-0.3, -0.25) is 0 Å². The highest BCUT2D eigenvalue weighted by molar-refractivity contribution is 5.29. The van der Waals surface area contributed by atoms with Crippen LogP contribution in [-0.2, 0) is 4.74 Å². The smallest absolute Gasteiger partial charge is 0.0664 e. The summed E-state index contributed by atoms with van der Waals surface area (Å²) in [6.07, 6.45) is 4.39. The Balaban J connectivity index is 2.04. The van der Waals surface area contributed by atoms with Gasteiger partial charge in [-0.15, -0.1) is 0 Å². The molecule has 0 saturated heterocycles. The van der Waals surface area contributed by atoms with Crippen LogP contribution in [0.2, 0.25) is 0 Å². The van der Waals surface area contributed by atoms with Crippen LogP contribution in [0.5, 0.6) is 0 Å². The van der Waals surface area contributed by atoms with Gasteiger partial charge in [0.15, 0.2) is 0 Å².